The van der Waals surface area contributed by atoms with E-state index < -0.39 is 0 Å². The molecule has 2 heterocycles. The Morgan fingerprint density at radius 1 is 1.20 bits per heavy atom. The smallest absolute Gasteiger partial charge is 0.226 e. The zero-order chi connectivity index (χ0) is 17.4. The molecule has 0 N–H and O–H groups in total. The molecule has 1 saturated carbocycles. The number of carbonyl (C=O) groups is 1. The first-order chi connectivity index (χ1) is 12.1. The van der Waals surface area contributed by atoms with Crippen LogP contribution < -0.4 is 0 Å². The molecule has 1 aliphatic heterocycles. The lowest BCUT2D eigenvalue weighted by Gasteiger charge is -2.35. The van der Waals surface area contributed by atoms with Gasteiger partial charge in [-0.25, -0.2) is 0 Å². The molecule has 1 aromatic carbocycles. The van der Waals surface area contributed by atoms with E-state index in [4.69, 9.17) is 0 Å². The van der Waals surface area contributed by atoms with Crippen LogP contribution in [0.2, 0.25) is 0 Å². The fourth-order valence-corrected chi connectivity index (χ4v) is 3.86. The lowest BCUT2D eigenvalue weighted by atomic mass is 10.1. The lowest BCUT2D eigenvalue weighted by Crippen LogP contribution is -2.48. The molecule has 132 valence electrons. The summed E-state index contributed by atoms with van der Waals surface area (Å²) in [5.41, 5.74) is 3.94. The Morgan fingerprint density at radius 2 is 1.96 bits per heavy atom. The Balaban J connectivity index is 1.29. The van der Waals surface area contributed by atoms with E-state index in [1.54, 1.807) is 0 Å². The van der Waals surface area contributed by atoms with Crippen LogP contribution in [-0.4, -0.2) is 51.7 Å². The van der Waals surface area contributed by atoms with E-state index in [1.165, 1.54) is 16.7 Å². The van der Waals surface area contributed by atoms with E-state index in [-0.39, 0.29) is 5.92 Å². The number of carbonyl (C=O) groups excluding carboxylic acids is 1. The van der Waals surface area contributed by atoms with Crippen LogP contribution in [0.5, 0.6) is 0 Å². The highest BCUT2D eigenvalue weighted by Crippen LogP contribution is 2.48. The summed E-state index contributed by atoms with van der Waals surface area (Å²) >= 11 is 0. The van der Waals surface area contributed by atoms with Gasteiger partial charge in [0.15, 0.2) is 0 Å². The monoisotopic (exact) mass is 338 g/mol. The zero-order valence-electron chi connectivity index (χ0n) is 15.1. The van der Waals surface area contributed by atoms with Crippen LogP contribution in [0.3, 0.4) is 0 Å². The van der Waals surface area contributed by atoms with Crippen LogP contribution in [-0.2, 0) is 18.4 Å². The second kappa shape index (κ2) is 6.64. The van der Waals surface area contributed by atoms with E-state index >= 15 is 0 Å². The molecule has 5 nitrogen and oxygen atoms in total. The largest absolute Gasteiger partial charge is 0.340 e. The standard InChI is InChI=1S/C20H26N4O/c1-15-5-3-4-6-16(15)14-23-7-9-24(10-8-23)20(25)19-11-18(19)17-12-21-22(2)13-17/h3-6,12-13,18-19H,7-11,14H2,1-2H3/t18-,19+/m0/s1. The van der Waals surface area contributed by atoms with E-state index in [9.17, 15) is 4.79 Å². The number of nitrogens with zero attached hydrogens (tertiary/aromatic N) is 4. The third-order valence-electron chi connectivity index (χ3n) is 5.60. The van der Waals surface area contributed by atoms with E-state index in [2.05, 4.69) is 46.1 Å². The molecule has 2 fully saturated rings. The molecule has 0 unspecified atom stereocenters. The van der Waals surface area contributed by atoms with Gasteiger partial charge in [0.2, 0.25) is 5.91 Å². The normalized spacial score (nSPS) is 23.7. The summed E-state index contributed by atoms with van der Waals surface area (Å²) in [7, 11) is 1.93. The predicted molar refractivity (Wildman–Crippen MR) is 97.1 cm³/mol. The molecule has 0 bridgehead atoms. The number of piperazine rings is 1. The minimum Gasteiger partial charge on any atom is -0.340 e. The zero-order valence-corrected chi connectivity index (χ0v) is 15.1. The predicted octanol–water partition coefficient (Wildman–Crippen LogP) is 2.18. The second-order valence-corrected chi connectivity index (χ2v) is 7.42. The van der Waals surface area contributed by atoms with Crippen LogP contribution in [0.15, 0.2) is 36.7 Å². The summed E-state index contributed by atoms with van der Waals surface area (Å²) in [4.78, 5) is 17.3. The number of hydrogen-bond acceptors (Lipinski definition) is 3. The average molecular weight is 338 g/mol. The maximum absolute atomic E-state index is 12.8. The molecule has 1 saturated heterocycles. The Morgan fingerprint density at radius 3 is 2.64 bits per heavy atom. The Kier molecular flexibility index (Phi) is 4.34. The highest BCUT2D eigenvalue weighted by molar-refractivity contribution is 5.83. The van der Waals surface area contributed by atoms with Gasteiger partial charge < -0.3 is 4.90 Å². The van der Waals surface area contributed by atoms with E-state index in [0.717, 1.165) is 39.1 Å². The molecule has 5 heteroatoms. The molecular formula is C20H26N4O. The first-order valence-corrected chi connectivity index (χ1v) is 9.16. The third kappa shape index (κ3) is 3.47. The molecule has 2 aliphatic rings. The first kappa shape index (κ1) is 16.3. The van der Waals surface area contributed by atoms with Crippen molar-refractivity contribution in [3.05, 3.63) is 53.3 Å². The van der Waals surface area contributed by atoms with Crippen LogP contribution >= 0.6 is 0 Å². The fourth-order valence-electron chi connectivity index (χ4n) is 3.86. The third-order valence-corrected chi connectivity index (χ3v) is 5.60. The molecule has 2 aromatic rings. The minimum absolute atomic E-state index is 0.173. The highest BCUT2D eigenvalue weighted by Gasteiger charge is 2.46. The molecule has 25 heavy (non-hydrogen) atoms. The number of rotatable bonds is 4. The van der Waals surface area contributed by atoms with Crippen molar-refractivity contribution in [1.82, 2.24) is 19.6 Å². The first-order valence-electron chi connectivity index (χ1n) is 9.16. The van der Waals surface area contributed by atoms with Gasteiger partial charge in [-0.2, -0.15) is 5.10 Å². The summed E-state index contributed by atoms with van der Waals surface area (Å²) < 4.78 is 1.82. The summed E-state index contributed by atoms with van der Waals surface area (Å²) in [6.07, 6.45) is 4.92. The Bertz CT molecular complexity index is 761. The molecular weight excluding hydrogens is 312 g/mol. The van der Waals surface area contributed by atoms with Crippen molar-refractivity contribution in [2.75, 3.05) is 26.2 Å². The summed E-state index contributed by atoms with van der Waals surface area (Å²) in [5, 5.41) is 4.23. The van der Waals surface area contributed by atoms with Gasteiger partial charge in [-0.15, -0.1) is 0 Å². The summed E-state index contributed by atoms with van der Waals surface area (Å²) in [6, 6.07) is 8.56. The maximum atomic E-state index is 12.8. The topological polar surface area (TPSA) is 41.4 Å². The number of benzene rings is 1. The molecule has 1 aromatic heterocycles. The molecule has 1 aliphatic carbocycles. The van der Waals surface area contributed by atoms with E-state index in [1.807, 2.05) is 24.1 Å². The van der Waals surface area contributed by atoms with Crippen LogP contribution in [0, 0.1) is 12.8 Å². The summed E-state index contributed by atoms with van der Waals surface area (Å²) in [5.74, 6) is 0.891. The van der Waals surface area contributed by atoms with Gasteiger partial charge >= 0.3 is 0 Å². The Labute approximate surface area is 149 Å². The van der Waals surface area contributed by atoms with Crippen molar-refractivity contribution in [3.8, 4) is 0 Å². The van der Waals surface area contributed by atoms with Crippen molar-refractivity contribution >= 4 is 5.91 Å². The average Bonchev–Trinajstić information content (AvgIpc) is 3.31. The quantitative estimate of drug-likeness (QED) is 0.858. The van der Waals surface area contributed by atoms with Crippen molar-refractivity contribution in [1.29, 1.82) is 0 Å². The van der Waals surface area contributed by atoms with Gasteiger partial charge in [-0.1, -0.05) is 24.3 Å². The van der Waals surface area contributed by atoms with Gasteiger partial charge in [0.05, 0.1) is 6.20 Å². The van der Waals surface area contributed by atoms with Gasteiger partial charge in [-0.3, -0.25) is 14.4 Å². The highest BCUT2D eigenvalue weighted by atomic mass is 16.2. The lowest BCUT2D eigenvalue weighted by molar-refractivity contribution is -0.134. The Hall–Kier alpha value is -2.14. The van der Waals surface area contributed by atoms with Crippen LogP contribution in [0.25, 0.3) is 0 Å². The van der Waals surface area contributed by atoms with Crippen molar-refractivity contribution in [2.45, 2.75) is 25.8 Å². The summed E-state index contributed by atoms with van der Waals surface area (Å²) in [6.45, 7) is 6.77. The number of amides is 1. The van der Waals surface area contributed by atoms with Gasteiger partial charge in [-0.05, 0) is 36.0 Å². The van der Waals surface area contributed by atoms with Crippen molar-refractivity contribution in [2.24, 2.45) is 13.0 Å². The fraction of sp³-hybridized carbons (Fsp3) is 0.500. The van der Waals surface area contributed by atoms with Crippen LogP contribution in [0.4, 0.5) is 0 Å². The molecule has 0 spiro atoms. The van der Waals surface area contributed by atoms with Gasteiger partial charge in [0, 0.05) is 51.9 Å². The van der Waals surface area contributed by atoms with Crippen molar-refractivity contribution in [3.63, 3.8) is 0 Å². The molecule has 4 rings (SSSR count). The molecule has 1 amide bonds. The minimum atomic E-state index is 0.173. The van der Waals surface area contributed by atoms with Crippen LogP contribution in [0.1, 0.15) is 29.0 Å². The number of aromatic nitrogens is 2. The SMILES string of the molecule is Cc1ccccc1CN1CCN(C(=O)[C@@H]2C[C@H]2c2cnn(C)c2)CC1. The van der Waals surface area contributed by atoms with E-state index in [0.29, 0.717) is 11.8 Å². The van der Waals surface area contributed by atoms with Crippen molar-refractivity contribution < 1.29 is 4.79 Å². The van der Waals surface area contributed by atoms with Gasteiger partial charge in [0.25, 0.3) is 0 Å². The maximum Gasteiger partial charge on any atom is 0.226 e. The van der Waals surface area contributed by atoms with Gasteiger partial charge in [0.1, 0.15) is 0 Å². The second-order valence-electron chi connectivity index (χ2n) is 7.42. The number of hydrogen-bond donors (Lipinski definition) is 0. The molecule has 0 radical (unpaired) electrons. The molecule has 2 atom stereocenters. The number of aryl methyl sites for hydroxylation is 2.